The smallest absolute Gasteiger partial charge is 0.214 e. The van der Waals surface area contributed by atoms with E-state index in [-0.39, 0.29) is 0 Å². The molecule has 4 heteroatoms. The summed E-state index contributed by atoms with van der Waals surface area (Å²) in [6.07, 6.45) is 4.92. The Labute approximate surface area is 108 Å². The summed E-state index contributed by atoms with van der Waals surface area (Å²) >= 11 is 6.07. The Morgan fingerprint density at radius 2 is 2.29 bits per heavy atom. The van der Waals surface area contributed by atoms with Gasteiger partial charge in [0.05, 0.1) is 7.11 Å². The van der Waals surface area contributed by atoms with Gasteiger partial charge in [-0.1, -0.05) is 18.9 Å². The van der Waals surface area contributed by atoms with Crippen molar-refractivity contribution < 1.29 is 4.74 Å². The summed E-state index contributed by atoms with van der Waals surface area (Å²) in [6.45, 7) is 1.04. The van der Waals surface area contributed by atoms with Crippen LogP contribution in [-0.4, -0.2) is 30.6 Å². The molecule has 0 aliphatic carbocycles. The monoisotopic (exact) mass is 254 g/mol. The number of methoxy groups -OCH3 is 1. The number of hydrogen-bond acceptors (Lipinski definition) is 3. The average molecular weight is 255 g/mol. The minimum absolute atomic E-state index is 0.402. The highest BCUT2D eigenvalue weighted by Gasteiger charge is 2.21. The van der Waals surface area contributed by atoms with Crippen molar-refractivity contribution in [1.29, 1.82) is 0 Å². The normalized spacial score (nSPS) is 21.1. The van der Waals surface area contributed by atoms with E-state index in [1.165, 1.54) is 19.3 Å². The lowest BCUT2D eigenvalue weighted by atomic mass is 10.1. The number of pyridine rings is 1. The second-order valence-electron chi connectivity index (χ2n) is 4.39. The van der Waals surface area contributed by atoms with Gasteiger partial charge >= 0.3 is 0 Å². The van der Waals surface area contributed by atoms with Crippen LogP contribution >= 0.6 is 11.6 Å². The van der Waals surface area contributed by atoms with E-state index in [1.807, 2.05) is 18.2 Å². The summed E-state index contributed by atoms with van der Waals surface area (Å²) < 4.78 is 5.18. The molecule has 1 aromatic heterocycles. The maximum absolute atomic E-state index is 6.07. The Morgan fingerprint density at radius 3 is 3.06 bits per heavy atom. The van der Waals surface area contributed by atoms with Crippen LogP contribution in [0, 0.1) is 0 Å². The van der Waals surface area contributed by atoms with Crippen molar-refractivity contribution in [2.45, 2.75) is 31.7 Å². The number of aromatic nitrogens is 1. The van der Waals surface area contributed by atoms with Gasteiger partial charge in [0, 0.05) is 24.5 Å². The van der Waals surface area contributed by atoms with Crippen LogP contribution in [0.1, 0.15) is 25.7 Å². The van der Waals surface area contributed by atoms with Crippen molar-refractivity contribution in [3.63, 3.8) is 0 Å². The minimum Gasteiger partial charge on any atom is -0.481 e. The molecule has 2 heterocycles. The molecule has 1 aliphatic rings. The van der Waals surface area contributed by atoms with Crippen LogP contribution in [0.15, 0.2) is 18.2 Å². The zero-order valence-electron chi connectivity index (χ0n) is 10.2. The summed E-state index contributed by atoms with van der Waals surface area (Å²) in [6, 6.07) is 6.29. The van der Waals surface area contributed by atoms with Gasteiger partial charge in [-0.25, -0.2) is 0 Å². The minimum atomic E-state index is 0.402. The Balaban J connectivity index is 2.21. The molecule has 1 aromatic rings. The van der Waals surface area contributed by atoms with Crippen molar-refractivity contribution in [3.8, 4) is 5.88 Å². The van der Waals surface area contributed by atoms with Crippen molar-refractivity contribution in [2.24, 2.45) is 0 Å². The number of alkyl halides is 1. The third-order valence-corrected chi connectivity index (χ3v) is 3.62. The molecule has 1 aliphatic heterocycles. The summed E-state index contributed by atoms with van der Waals surface area (Å²) in [7, 11) is 1.65. The molecular weight excluding hydrogens is 236 g/mol. The first kappa shape index (κ1) is 12.5. The van der Waals surface area contributed by atoms with Crippen LogP contribution in [-0.2, 0) is 0 Å². The zero-order valence-corrected chi connectivity index (χ0v) is 11.0. The van der Waals surface area contributed by atoms with Crippen molar-refractivity contribution >= 4 is 17.4 Å². The van der Waals surface area contributed by atoms with Crippen LogP contribution in [0.2, 0.25) is 0 Å². The largest absolute Gasteiger partial charge is 0.481 e. The third kappa shape index (κ3) is 3.03. The molecule has 1 saturated heterocycles. The molecule has 0 bridgehead atoms. The predicted molar refractivity (Wildman–Crippen MR) is 71.1 cm³/mol. The van der Waals surface area contributed by atoms with Crippen LogP contribution < -0.4 is 9.64 Å². The Kier molecular flexibility index (Phi) is 4.49. The molecule has 0 spiro atoms. The lowest BCUT2D eigenvalue weighted by Gasteiger charge is -2.29. The molecule has 0 amide bonds. The van der Waals surface area contributed by atoms with Crippen molar-refractivity contribution in [2.75, 3.05) is 24.4 Å². The zero-order chi connectivity index (χ0) is 12.1. The summed E-state index contributed by atoms with van der Waals surface area (Å²) in [5.41, 5.74) is 0. The highest BCUT2D eigenvalue weighted by molar-refractivity contribution is 6.18. The first-order valence-electron chi connectivity index (χ1n) is 6.19. The molecular formula is C13H19ClN2O. The molecule has 1 atom stereocenters. The highest BCUT2D eigenvalue weighted by Crippen LogP contribution is 2.24. The average Bonchev–Trinajstić information content (AvgIpc) is 2.63. The molecule has 1 unspecified atom stereocenters. The van der Waals surface area contributed by atoms with Crippen LogP contribution in [0.3, 0.4) is 0 Å². The Hall–Kier alpha value is -0.960. The lowest BCUT2D eigenvalue weighted by molar-refractivity contribution is 0.397. The first-order valence-corrected chi connectivity index (χ1v) is 6.72. The molecule has 94 valence electrons. The molecule has 2 rings (SSSR count). The van der Waals surface area contributed by atoms with Gasteiger partial charge in [-0.05, 0) is 18.9 Å². The molecule has 1 fully saturated rings. The van der Waals surface area contributed by atoms with E-state index in [0.717, 1.165) is 18.8 Å². The fourth-order valence-electron chi connectivity index (χ4n) is 2.32. The predicted octanol–water partition coefficient (Wildman–Crippen LogP) is 3.08. The summed E-state index contributed by atoms with van der Waals surface area (Å²) in [5.74, 6) is 2.32. The number of ether oxygens (including phenoxy) is 1. The van der Waals surface area contributed by atoms with Crippen molar-refractivity contribution in [3.05, 3.63) is 18.2 Å². The summed E-state index contributed by atoms with van der Waals surface area (Å²) in [4.78, 5) is 6.82. The van der Waals surface area contributed by atoms with Crippen LogP contribution in [0.4, 0.5) is 5.82 Å². The van der Waals surface area contributed by atoms with E-state index in [0.29, 0.717) is 17.8 Å². The molecule has 0 radical (unpaired) electrons. The number of nitrogens with zero attached hydrogens (tertiary/aromatic N) is 2. The van der Waals surface area contributed by atoms with Gasteiger partial charge in [0.2, 0.25) is 5.88 Å². The van der Waals surface area contributed by atoms with Crippen LogP contribution in [0.25, 0.3) is 0 Å². The standard InChI is InChI=1S/C13H19ClN2O/c1-17-13-8-5-7-12(15-13)16-9-4-2-3-6-11(16)10-14/h5,7-8,11H,2-4,6,9-10H2,1H3. The van der Waals surface area contributed by atoms with Gasteiger partial charge in [0.15, 0.2) is 0 Å². The second kappa shape index (κ2) is 6.10. The second-order valence-corrected chi connectivity index (χ2v) is 4.70. The van der Waals surface area contributed by atoms with Gasteiger partial charge < -0.3 is 9.64 Å². The van der Waals surface area contributed by atoms with Crippen molar-refractivity contribution in [1.82, 2.24) is 4.98 Å². The van der Waals surface area contributed by atoms with Gasteiger partial charge in [0.25, 0.3) is 0 Å². The molecule has 17 heavy (non-hydrogen) atoms. The summed E-state index contributed by atoms with van der Waals surface area (Å²) in [5, 5.41) is 0. The topological polar surface area (TPSA) is 25.4 Å². The van der Waals surface area contributed by atoms with Gasteiger partial charge in [0.1, 0.15) is 5.82 Å². The highest BCUT2D eigenvalue weighted by atomic mass is 35.5. The fourth-order valence-corrected chi connectivity index (χ4v) is 2.64. The van der Waals surface area contributed by atoms with E-state index >= 15 is 0 Å². The van der Waals surface area contributed by atoms with Crippen LogP contribution in [0.5, 0.6) is 5.88 Å². The Bertz CT molecular complexity index is 359. The quantitative estimate of drug-likeness (QED) is 0.776. The molecule has 0 N–H and O–H groups in total. The van der Waals surface area contributed by atoms with E-state index < -0.39 is 0 Å². The molecule has 0 aromatic carbocycles. The number of halogens is 1. The van der Waals surface area contributed by atoms with Gasteiger partial charge in [-0.3, -0.25) is 0 Å². The van der Waals surface area contributed by atoms with E-state index in [4.69, 9.17) is 16.3 Å². The van der Waals surface area contributed by atoms with E-state index in [2.05, 4.69) is 9.88 Å². The SMILES string of the molecule is COc1cccc(N2CCCCCC2CCl)n1. The lowest BCUT2D eigenvalue weighted by Crippen LogP contribution is -2.36. The first-order chi connectivity index (χ1) is 8.35. The Morgan fingerprint density at radius 1 is 1.41 bits per heavy atom. The number of hydrogen-bond donors (Lipinski definition) is 0. The van der Waals surface area contributed by atoms with Gasteiger partial charge in [-0.15, -0.1) is 11.6 Å². The maximum atomic E-state index is 6.07. The number of rotatable bonds is 3. The molecule has 0 saturated carbocycles. The number of anilines is 1. The fraction of sp³-hybridized carbons (Fsp3) is 0.615. The third-order valence-electron chi connectivity index (χ3n) is 3.27. The van der Waals surface area contributed by atoms with Gasteiger partial charge in [-0.2, -0.15) is 4.98 Å². The van der Waals surface area contributed by atoms with E-state index in [9.17, 15) is 0 Å². The molecule has 3 nitrogen and oxygen atoms in total. The van der Waals surface area contributed by atoms with E-state index in [1.54, 1.807) is 7.11 Å². The maximum Gasteiger partial charge on any atom is 0.214 e.